The molecule has 0 spiro atoms. The van der Waals surface area contributed by atoms with Crippen molar-refractivity contribution >= 4 is 12.6 Å². The molecular weight excluding hydrogens is 172 g/mol. The quantitative estimate of drug-likeness (QED) is 0.426. The summed E-state index contributed by atoms with van der Waals surface area (Å²) in [5.74, 6) is 0.724. The Morgan fingerprint density at radius 1 is 1.25 bits per heavy atom. The van der Waals surface area contributed by atoms with Crippen LogP contribution in [0.2, 0.25) is 0 Å². The maximum atomic E-state index is 8.17. The molecule has 12 heavy (non-hydrogen) atoms. The molecule has 1 rings (SSSR count). The predicted octanol–water partition coefficient (Wildman–Crippen LogP) is 2.15. The van der Waals surface area contributed by atoms with Gasteiger partial charge in [0, 0.05) is 5.75 Å². The van der Waals surface area contributed by atoms with E-state index in [0.717, 1.165) is 12.2 Å². The van der Waals surface area contributed by atoms with Gasteiger partial charge in [0.25, 0.3) is 0 Å². The van der Waals surface area contributed by atoms with Gasteiger partial charge in [-0.3, -0.25) is 5.26 Å². The fourth-order valence-corrected chi connectivity index (χ4v) is 1.42. The minimum atomic E-state index is 0.338. The molecule has 0 aliphatic heterocycles. The Morgan fingerprint density at radius 3 is 2.50 bits per heavy atom. The molecule has 1 N–H and O–H groups in total. The third-order valence-electron chi connectivity index (χ3n) is 1.75. The second kappa shape index (κ2) is 5.19. The van der Waals surface area contributed by atoms with Crippen LogP contribution in [0.3, 0.4) is 0 Å². The van der Waals surface area contributed by atoms with Crippen LogP contribution in [0.25, 0.3) is 0 Å². The van der Waals surface area contributed by atoms with Gasteiger partial charge in [-0.05, 0) is 17.5 Å². The summed E-state index contributed by atoms with van der Waals surface area (Å²) in [6, 6.07) is 8.00. The van der Waals surface area contributed by atoms with Crippen molar-refractivity contribution in [2.24, 2.45) is 0 Å². The lowest BCUT2D eigenvalue weighted by molar-refractivity contribution is -0.241. The molecule has 0 amide bonds. The summed E-state index contributed by atoms with van der Waals surface area (Å²) in [5, 5.41) is 8.17. The molecule has 0 heterocycles. The van der Waals surface area contributed by atoms with E-state index in [9.17, 15) is 0 Å². The molecule has 0 aliphatic carbocycles. The smallest absolute Gasteiger partial charge is 0.0860 e. The van der Waals surface area contributed by atoms with Gasteiger partial charge in [-0.25, -0.2) is 4.89 Å². The lowest BCUT2D eigenvalue weighted by Crippen LogP contribution is -1.97. The van der Waals surface area contributed by atoms with E-state index in [1.165, 1.54) is 11.1 Å². The SMILES string of the molecule is OOCCc1ccccc1CS. The van der Waals surface area contributed by atoms with Gasteiger partial charge in [-0.1, -0.05) is 24.3 Å². The Labute approximate surface area is 77.5 Å². The number of hydrogen-bond donors (Lipinski definition) is 2. The summed E-state index contributed by atoms with van der Waals surface area (Å²) in [4.78, 5) is 4.02. The summed E-state index contributed by atoms with van der Waals surface area (Å²) < 4.78 is 0. The number of hydrogen-bond acceptors (Lipinski definition) is 3. The second-order valence-electron chi connectivity index (χ2n) is 2.51. The third-order valence-corrected chi connectivity index (χ3v) is 2.09. The van der Waals surface area contributed by atoms with Gasteiger partial charge in [0.15, 0.2) is 0 Å². The van der Waals surface area contributed by atoms with E-state index in [-0.39, 0.29) is 0 Å². The van der Waals surface area contributed by atoms with Gasteiger partial charge in [-0.15, -0.1) is 0 Å². The largest absolute Gasteiger partial charge is 0.252 e. The monoisotopic (exact) mass is 184 g/mol. The zero-order valence-corrected chi connectivity index (χ0v) is 7.63. The highest BCUT2D eigenvalue weighted by Crippen LogP contribution is 2.11. The molecule has 0 radical (unpaired) electrons. The highest BCUT2D eigenvalue weighted by Gasteiger charge is 1.98. The van der Waals surface area contributed by atoms with E-state index in [4.69, 9.17) is 5.26 Å². The van der Waals surface area contributed by atoms with Crippen molar-refractivity contribution in [3.63, 3.8) is 0 Å². The van der Waals surface area contributed by atoms with Gasteiger partial charge in [-0.2, -0.15) is 12.6 Å². The molecule has 0 saturated heterocycles. The summed E-state index contributed by atoms with van der Waals surface area (Å²) in [6.07, 6.45) is 0.729. The van der Waals surface area contributed by atoms with Crippen molar-refractivity contribution in [2.45, 2.75) is 12.2 Å². The van der Waals surface area contributed by atoms with Gasteiger partial charge in [0.2, 0.25) is 0 Å². The average molecular weight is 184 g/mol. The molecule has 0 fully saturated rings. The van der Waals surface area contributed by atoms with Gasteiger partial charge >= 0.3 is 0 Å². The van der Waals surface area contributed by atoms with Crippen molar-refractivity contribution in [1.29, 1.82) is 0 Å². The van der Waals surface area contributed by atoms with E-state index in [2.05, 4.69) is 17.5 Å². The van der Waals surface area contributed by atoms with Crippen molar-refractivity contribution in [2.75, 3.05) is 6.61 Å². The van der Waals surface area contributed by atoms with E-state index in [1.807, 2.05) is 24.3 Å². The first-order valence-corrected chi connectivity index (χ1v) is 4.45. The lowest BCUT2D eigenvalue weighted by atomic mass is 10.1. The van der Waals surface area contributed by atoms with E-state index >= 15 is 0 Å². The Kier molecular flexibility index (Phi) is 4.14. The molecule has 0 bridgehead atoms. The molecule has 2 nitrogen and oxygen atoms in total. The van der Waals surface area contributed by atoms with Crippen LogP contribution in [-0.2, 0) is 17.1 Å². The standard InChI is InChI=1S/C9H12O2S/c10-11-6-5-8-3-1-2-4-9(8)7-12/h1-4,10,12H,5-7H2. The fourth-order valence-electron chi connectivity index (χ4n) is 1.11. The van der Waals surface area contributed by atoms with Crippen molar-refractivity contribution in [3.05, 3.63) is 35.4 Å². The van der Waals surface area contributed by atoms with Crippen LogP contribution in [0.15, 0.2) is 24.3 Å². The minimum Gasteiger partial charge on any atom is -0.252 e. The molecule has 0 saturated carbocycles. The van der Waals surface area contributed by atoms with Crippen LogP contribution in [0.1, 0.15) is 11.1 Å². The Morgan fingerprint density at radius 2 is 1.92 bits per heavy atom. The van der Waals surface area contributed by atoms with Gasteiger partial charge < -0.3 is 0 Å². The first-order chi connectivity index (χ1) is 5.88. The van der Waals surface area contributed by atoms with Crippen LogP contribution < -0.4 is 0 Å². The predicted molar refractivity (Wildman–Crippen MR) is 51.4 cm³/mol. The van der Waals surface area contributed by atoms with Crippen molar-refractivity contribution in [1.82, 2.24) is 0 Å². The zero-order valence-electron chi connectivity index (χ0n) is 6.73. The van der Waals surface area contributed by atoms with E-state index in [1.54, 1.807) is 0 Å². The third kappa shape index (κ3) is 2.52. The molecule has 1 aromatic rings. The lowest BCUT2D eigenvalue weighted by Gasteiger charge is -2.04. The van der Waals surface area contributed by atoms with Crippen LogP contribution in [0, 0.1) is 0 Å². The fraction of sp³-hybridized carbons (Fsp3) is 0.333. The van der Waals surface area contributed by atoms with Crippen LogP contribution in [0.5, 0.6) is 0 Å². The Bertz CT molecular complexity index is 238. The van der Waals surface area contributed by atoms with E-state index < -0.39 is 0 Å². The molecule has 1 aromatic carbocycles. The summed E-state index contributed by atoms with van der Waals surface area (Å²) >= 11 is 4.20. The molecule has 0 unspecified atom stereocenters. The maximum Gasteiger partial charge on any atom is 0.0860 e. The first kappa shape index (κ1) is 9.58. The first-order valence-electron chi connectivity index (χ1n) is 3.82. The Hall–Kier alpha value is -0.510. The summed E-state index contributed by atoms with van der Waals surface area (Å²) in [5.41, 5.74) is 2.37. The number of thiol groups is 1. The van der Waals surface area contributed by atoms with Gasteiger partial charge in [0.05, 0.1) is 6.61 Å². The number of benzene rings is 1. The zero-order chi connectivity index (χ0) is 8.81. The normalized spacial score (nSPS) is 10.2. The molecule has 0 aromatic heterocycles. The van der Waals surface area contributed by atoms with Crippen molar-refractivity contribution in [3.8, 4) is 0 Å². The highest BCUT2D eigenvalue weighted by molar-refractivity contribution is 7.79. The maximum absolute atomic E-state index is 8.17. The summed E-state index contributed by atoms with van der Waals surface area (Å²) in [6.45, 7) is 0.338. The van der Waals surface area contributed by atoms with Crippen LogP contribution in [0.4, 0.5) is 0 Å². The minimum absolute atomic E-state index is 0.338. The Balaban J connectivity index is 2.68. The molecule has 66 valence electrons. The van der Waals surface area contributed by atoms with Crippen molar-refractivity contribution < 1.29 is 10.1 Å². The highest BCUT2D eigenvalue weighted by atomic mass is 32.1. The van der Waals surface area contributed by atoms with E-state index in [0.29, 0.717) is 6.61 Å². The molecule has 3 heteroatoms. The summed E-state index contributed by atoms with van der Waals surface area (Å²) in [7, 11) is 0. The van der Waals surface area contributed by atoms with Crippen LogP contribution in [-0.4, -0.2) is 11.9 Å². The van der Waals surface area contributed by atoms with Gasteiger partial charge in [0.1, 0.15) is 0 Å². The van der Waals surface area contributed by atoms with Crippen LogP contribution >= 0.6 is 12.6 Å². The average Bonchev–Trinajstić information content (AvgIpc) is 2.15. The molecular formula is C9H12O2S. The number of rotatable bonds is 4. The topological polar surface area (TPSA) is 29.5 Å². The molecule has 0 aliphatic rings. The second-order valence-corrected chi connectivity index (χ2v) is 2.83. The molecule has 0 atom stereocenters.